The fourth-order valence-electron chi connectivity index (χ4n) is 2.31. The van der Waals surface area contributed by atoms with Crippen molar-refractivity contribution in [1.29, 1.82) is 0 Å². The quantitative estimate of drug-likeness (QED) is 0.924. The Labute approximate surface area is 112 Å². The number of benzene rings is 1. The van der Waals surface area contributed by atoms with Crippen LogP contribution in [-0.2, 0) is 17.9 Å². The number of rotatable bonds is 4. The van der Waals surface area contributed by atoms with E-state index >= 15 is 0 Å². The van der Waals surface area contributed by atoms with E-state index in [0.29, 0.717) is 18.3 Å². The van der Waals surface area contributed by atoms with Crippen LogP contribution < -0.4 is 0 Å². The van der Waals surface area contributed by atoms with Crippen molar-refractivity contribution in [2.45, 2.75) is 27.0 Å². The molecule has 3 nitrogen and oxygen atoms in total. The van der Waals surface area contributed by atoms with Gasteiger partial charge in [0.1, 0.15) is 5.15 Å². The molecular weight excluding hydrogens is 250 g/mol. The van der Waals surface area contributed by atoms with Crippen LogP contribution in [0.2, 0.25) is 5.15 Å². The molecule has 1 aromatic carbocycles. The third kappa shape index (κ3) is 2.03. The lowest BCUT2D eigenvalue weighted by Gasteiger charge is -2.09. The zero-order valence-electron chi connectivity index (χ0n) is 11.0. The van der Waals surface area contributed by atoms with E-state index in [1.807, 2.05) is 10.6 Å². The summed E-state index contributed by atoms with van der Waals surface area (Å²) in [6.45, 7) is 5.41. The van der Waals surface area contributed by atoms with Gasteiger partial charge in [0, 0.05) is 24.6 Å². The Hall–Kier alpha value is -1.03. The van der Waals surface area contributed by atoms with Crippen molar-refractivity contribution in [2.24, 2.45) is 0 Å². The fourth-order valence-corrected chi connectivity index (χ4v) is 2.64. The van der Waals surface area contributed by atoms with E-state index in [0.717, 1.165) is 16.5 Å². The summed E-state index contributed by atoms with van der Waals surface area (Å²) in [5.41, 5.74) is 4.32. The van der Waals surface area contributed by atoms with E-state index in [4.69, 9.17) is 16.3 Å². The molecule has 0 amide bonds. The van der Waals surface area contributed by atoms with Gasteiger partial charge < -0.3 is 14.4 Å². The van der Waals surface area contributed by atoms with Crippen molar-refractivity contribution < 1.29 is 9.84 Å². The molecule has 2 rings (SSSR count). The van der Waals surface area contributed by atoms with E-state index in [1.165, 1.54) is 11.1 Å². The van der Waals surface area contributed by atoms with Crippen LogP contribution in [0.5, 0.6) is 0 Å². The molecule has 0 aliphatic rings. The van der Waals surface area contributed by atoms with E-state index < -0.39 is 0 Å². The first-order valence-electron chi connectivity index (χ1n) is 5.98. The zero-order chi connectivity index (χ0) is 13.3. The van der Waals surface area contributed by atoms with Crippen LogP contribution in [0.1, 0.15) is 16.7 Å². The average Bonchev–Trinajstić information content (AvgIpc) is 2.64. The van der Waals surface area contributed by atoms with Crippen LogP contribution in [0.15, 0.2) is 12.1 Å². The first kappa shape index (κ1) is 13.4. The summed E-state index contributed by atoms with van der Waals surface area (Å²) in [7, 11) is 1.67. The second kappa shape index (κ2) is 5.31. The second-order valence-corrected chi connectivity index (χ2v) is 4.83. The van der Waals surface area contributed by atoms with Gasteiger partial charge in [-0.25, -0.2) is 0 Å². The average molecular weight is 268 g/mol. The van der Waals surface area contributed by atoms with Crippen molar-refractivity contribution >= 4 is 22.5 Å². The van der Waals surface area contributed by atoms with Gasteiger partial charge in [-0.1, -0.05) is 23.7 Å². The highest BCUT2D eigenvalue weighted by Crippen LogP contribution is 2.33. The molecule has 0 saturated heterocycles. The lowest BCUT2D eigenvalue weighted by molar-refractivity contribution is 0.188. The smallest absolute Gasteiger partial charge is 0.115 e. The van der Waals surface area contributed by atoms with Gasteiger partial charge in [0.2, 0.25) is 0 Å². The maximum atomic E-state index is 9.49. The number of aliphatic hydroxyl groups excluding tert-OH is 1. The number of methoxy groups -OCH3 is 1. The molecule has 0 radical (unpaired) electrons. The predicted molar refractivity (Wildman–Crippen MR) is 74.2 cm³/mol. The van der Waals surface area contributed by atoms with Gasteiger partial charge in [-0.3, -0.25) is 0 Å². The Kier molecular flexibility index (Phi) is 3.95. The number of ether oxygens (including phenoxy) is 1. The van der Waals surface area contributed by atoms with Gasteiger partial charge in [-0.05, 0) is 25.0 Å². The summed E-state index contributed by atoms with van der Waals surface area (Å²) in [4.78, 5) is 0. The Morgan fingerprint density at radius 2 is 2.06 bits per heavy atom. The van der Waals surface area contributed by atoms with E-state index in [1.54, 1.807) is 7.11 Å². The third-order valence-electron chi connectivity index (χ3n) is 3.46. The molecule has 2 aromatic rings. The molecule has 0 atom stereocenters. The molecule has 18 heavy (non-hydrogen) atoms. The van der Waals surface area contributed by atoms with Gasteiger partial charge in [0.05, 0.1) is 18.7 Å². The molecule has 1 aromatic heterocycles. The van der Waals surface area contributed by atoms with Crippen molar-refractivity contribution in [3.05, 3.63) is 34.0 Å². The Morgan fingerprint density at radius 3 is 2.67 bits per heavy atom. The summed E-state index contributed by atoms with van der Waals surface area (Å²) in [6, 6.07) is 4.09. The minimum Gasteiger partial charge on any atom is -0.392 e. The van der Waals surface area contributed by atoms with Gasteiger partial charge in [0.15, 0.2) is 0 Å². The highest BCUT2D eigenvalue weighted by molar-refractivity contribution is 6.32. The number of halogens is 1. The Balaban J connectivity index is 2.73. The number of hydrogen-bond donors (Lipinski definition) is 1. The van der Waals surface area contributed by atoms with Crippen LogP contribution in [0, 0.1) is 13.8 Å². The van der Waals surface area contributed by atoms with Gasteiger partial charge >= 0.3 is 0 Å². The third-order valence-corrected chi connectivity index (χ3v) is 3.89. The molecule has 0 spiro atoms. The minimum atomic E-state index is -0.0438. The molecule has 4 heteroatoms. The van der Waals surface area contributed by atoms with E-state index in [-0.39, 0.29) is 6.61 Å². The fraction of sp³-hybridized carbons (Fsp3) is 0.429. The largest absolute Gasteiger partial charge is 0.392 e. The van der Waals surface area contributed by atoms with E-state index in [2.05, 4.69) is 19.9 Å². The number of aliphatic hydroxyl groups is 1. The van der Waals surface area contributed by atoms with Gasteiger partial charge in [-0.15, -0.1) is 0 Å². The first-order chi connectivity index (χ1) is 8.61. The molecule has 98 valence electrons. The molecule has 0 unspecified atom stereocenters. The molecule has 1 heterocycles. The highest BCUT2D eigenvalue weighted by atomic mass is 35.5. The number of aromatic nitrogens is 1. The van der Waals surface area contributed by atoms with Crippen LogP contribution in [0.25, 0.3) is 10.9 Å². The van der Waals surface area contributed by atoms with Crippen molar-refractivity contribution in [3.8, 4) is 0 Å². The zero-order valence-corrected chi connectivity index (χ0v) is 11.7. The topological polar surface area (TPSA) is 34.4 Å². The minimum absolute atomic E-state index is 0.0438. The first-order valence-corrected chi connectivity index (χ1v) is 6.36. The summed E-state index contributed by atoms with van der Waals surface area (Å²) >= 11 is 6.36. The predicted octanol–water partition coefficient (Wildman–Crippen LogP) is 3.05. The van der Waals surface area contributed by atoms with Crippen LogP contribution >= 0.6 is 11.6 Å². The van der Waals surface area contributed by atoms with Crippen molar-refractivity contribution in [2.75, 3.05) is 13.7 Å². The summed E-state index contributed by atoms with van der Waals surface area (Å²) in [5, 5.41) is 11.1. The lowest BCUT2D eigenvalue weighted by Crippen LogP contribution is -2.05. The van der Waals surface area contributed by atoms with Crippen molar-refractivity contribution in [3.63, 3.8) is 0 Å². The number of fused-ring (bicyclic) bond motifs is 1. The monoisotopic (exact) mass is 267 g/mol. The highest BCUT2D eigenvalue weighted by Gasteiger charge is 2.17. The number of aryl methyl sites for hydroxylation is 2. The van der Waals surface area contributed by atoms with Crippen LogP contribution in [-0.4, -0.2) is 23.4 Å². The normalized spacial score (nSPS) is 11.4. The molecular formula is C14H18ClNO2. The molecule has 1 N–H and O–H groups in total. The SMILES string of the molecule is COCCn1c(Cl)c(CO)c2ccc(C)c(C)c21. The van der Waals surface area contributed by atoms with Crippen LogP contribution in [0.4, 0.5) is 0 Å². The molecule has 0 aliphatic carbocycles. The summed E-state index contributed by atoms with van der Waals surface area (Å²) in [6.07, 6.45) is 0. The lowest BCUT2D eigenvalue weighted by atomic mass is 10.1. The van der Waals surface area contributed by atoms with Crippen LogP contribution in [0.3, 0.4) is 0 Å². The Morgan fingerprint density at radius 1 is 1.33 bits per heavy atom. The summed E-state index contributed by atoms with van der Waals surface area (Å²) in [5.74, 6) is 0. The van der Waals surface area contributed by atoms with Gasteiger partial charge in [-0.2, -0.15) is 0 Å². The number of nitrogens with zero attached hydrogens (tertiary/aromatic N) is 1. The maximum absolute atomic E-state index is 9.49. The molecule has 0 fully saturated rings. The maximum Gasteiger partial charge on any atom is 0.115 e. The standard InChI is InChI=1S/C14H18ClNO2/c1-9-4-5-11-12(8-17)14(15)16(6-7-18-3)13(11)10(9)2/h4-5,17H,6-8H2,1-3H3. The Bertz CT molecular complexity index is 575. The summed E-state index contributed by atoms with van der Waals surface area (Å²) < 4.78 is 7.14. The van der Waals surface area contributed by atoms with E-state index in [9.17, 15) is 5.11 Å². The number of hydrogen-bond acceptors (Lipinski definition) is 2. The van der Waals surface area contributed by atoms with Gasteiger partial charge in [0.25, 0.3) is 0 Å². The molecule has 0 bridgehead atoms. The molecule has 0 saturated carbocycles. The van der Waals surface area contributed by atoms with Crippen molar-refractivity contribution in [1.82, 2.24) is 4.57 Å². The molecule has 0 aliphatic heterocycles. The second-order valence-electron chi connectivity index (χ2n) is 4.48.